The van der Waals surface area contributed by atoms with Gasteiger partial charge in [-0.05, 0) is 12.1 Å². The Labute approximate surface area is 128 Å². The lowest BCUT2D eigenvalue weighted by Crippen LogP contribution is -2.05. The lowest BCUT2D eigenvalue weighted by Gasteiger charge is -2.09. The molecule has 2 rings (SSSR count). The third-order valence-electron chi connectivity index (χ3n) is 2.83. The van der Waals surface area contributed by atoms with Crippen molar-refractivity contribution in [2.24, 2.45) is 0 Å². The first-order valence-corrected chi connectivity index (χ1v) is 6.86. The number of benzene rings is 1. The molecule has 0 aliphatic rings. The molecule has 5 nitrogen and oxygen atoms in total. The number of nitrogens with one attached hydrogen (secondary N) is 1. The molecular weight excluding hydrogens is 292 g/mol. The van der Waals surface area contributed by atoms with E-state index in [1.165, 1.54) is 0 Å². The topological polar surface area (TPSA) is 63.6 Å². The normalized spacial score (nSPS) is 10.4. The maximum absolute atomic E-state index is 9.82. The Morgan fingerprint density at radius 2 is 2.10 bits per heavy atom. The number of pyridine rings is 1. The van der Waals surface area contributed by atoms with Gasteiger partial charge in [-0.2, -0.15) is 0 Å². The predicted octanol–water partition coefficient (Wildman–Crippen LogP) is 3.08. The average molecular weight is 309 g/mol. The van der Waals surface area contributed by atoms with Crippen LogP contribution in [0.2, 0.25) is 5.02 Å². The molecule has 0 saturated heterocycles. The molecule has 21 heavy (non-hydrogen) atoms. The van der Waals surface area contributed by atoms with Crippen molar-refractivity contribution >= 4 is 17.3 Å². The summed E-state index contributed by atoms with van der Waals surface area (Å²) in [4.78, 5) is 4.17. The number of rotatable bonds is 7. The number of methoxy groups -OCH3 is 1. The maximum atomic E-state index is 9.82. The van der Waals surface area contributed by atoms with Crippen molar-refractivity contribution in [2.75, 3.05) is 25.6 Å². The first-order valence-electron chi connectivity index (χ1n) is 6.48. The summed E-state index contributed by atoms with van der Waals surface area (Å²) in [5, 5.41) is 13.3. The van der Waals surface area contributed by atoms with E-state index in [1.54, 1.807) is 31.5 Å². The van der Waals surface area contributed by atoms with Gasteiger partial charge in [-0.1, -0.05) is 23.7 Å². The minimum absolute atomic E-state index is 0.0964. The smallest absolute Gasteiger partial charge is 0.213 e. The molecule has 1 heterocycles. The number of halogens is 1. The zero-order valence-corrected chi connectivity index (χ0v) is 12.4. The second kappa shape index (κ2) is 7.71. The molecule has 1 aromatic carbocycles. The number of aromatic nitrogens is 1. The summed E-state index contributed by atoms with van der Waals surface area (Å²) in [6, 6.07) is 8.88. The van der Waals surface area contributed by atoms with Gasteiger partial charge < -0.3 is 19.9 Å². The number of hydrogen-bond acceptors (Lipinski definition) is 5. The van der Waals surface area contributed by atoms with Gasteiger partial charge in [0.15, 0.2) is 0 Å². The van der Waals surface area contributed by atoms with E-state index in [-0.39, 0.29) is 5.75 Å². The Morgan fingerprint density at radius 3 is 2.81 bits per heavy atom. The predicted molar refractivity (Wildman–Crippen MR) is 82.1 cm³/mol. The number of para-hydroxylation sites is 1. The Kier molecular flexibility index (Phi) is 5.66. The zero-order chi connectivity index (χ0) is 15.1. The summed E-state index contributed by atoms with van der Waals surface area (Å²) in [6.45, 7) is 1.44. The van der Waals surface area contributed by atoms with Crippen LogP contribution in [0.5, 0.6) is 11.6 Å². The van der Waals surface area contributed by atoms with Crippen molar-refractivity contribution in [1.29, 1.82) is 0 Å². The summed E-state index contributed by atoms with van der Waals surface area (Å²) in [5.74, 6) is 0.641. The van der Waals surface area contributed by atoms with Crippen LogP contribution in [0.15, 0.2) is 36.5 Å². The molecule has 2 aromatic rings. The zero-order valence-electron chi connectivity index (χ0n) is 11.7. The van der Waals surface area contributed by atoms with E-state index in [2.05, 4.69) is 10.3 Å². The van der Waals surface area contributed by atoms with Crippen LogP contribution in [0.3, 0.4) is 0 Å². The lowest BCUT2D eigenvalue weighted by atomic mass is 10.2. The van der Waals surface area contributed by atoms with Gasteiger partial charge in [0.2, 0.25) is 5.88 Å². The Balaban J connectivity index is 1.90. The molecule has 0 radical (unpaired) electrons. The number of phenols is 1. The van der Waals surface area contributed by atoms with Crippen molar-refractivity contribution < 1.29 is 14.6 Å². The van der Waals surface area contributed by atoms with E-state index in [4.69, 9.17) is 21.1 Å². The van der Waals surface area contributed by atoms with Crippen LogP contribution in [0.25, 0.3) is 0 Å². The highest BCUT2D eigenvalue weighted by molar-refractivity contribution is 6.32. The van der Waals surface area contributed by atoms with Gasteiger partial charge in [0.1, 0.15) is 12.4 Å². The summed E-state index contributed by atoms with van der Waals surface area (Å²) in [7, 11) is 1.62. The van der Waals surface area contributed by atoms with Gasteiger partial charge in [-0.15, -0.1) is 0 Å². The third kappa shape index (κ3) is 4.51. The Morgan fingerprint density at radius 1 is 1.24 bits per heavy atom. The van der Waals surface area contributed by atoms with Crippen LogP contribution in [0.4, 0.5) is 5.69 Å². The SMILES string of the molecule is COCCOc1ccc(NCc2cccc(Cl)c2O)cn1. The number of anilines is 1. The van der Waals surface area contributed by atoms with Crippen LogP contribution >= 0.6 is 11.6 Å². The molecule has 0 amide bonds. The van der Waals surface area contributed by atoms with E-state index >= 15 is 0 Å². The number of ether oxygens (including phenoxy) is 2. The fourth-order valence-electron chi connectivity index (χ4n) is 1.70. The van der Waals surface area contributed by atoms with Crippen LogP contribution in [-0.4, -0.2) is 30.4 Å². The molecular formula is C15H17ClN2O3. The second-order valence-corrected chi connectivity index (χ2v) is 4.73. The van der Waals surface area contributed by atoms with Gasteiger partial charge in [0.05, 0.1) is 23.5 Å². The number of aromatic hydroxyl groups is 1. The molecule has 0 bridgehead atoms. The standard InChI is InChI=1S/C15H17ClN2O3/c1-20-7-8-21-14-6-5-12(10-18-14)17-9-11-3-2-4-13(16)15(11)19/h2-6,10,17,19H,7-9H2,1H3. The van der Waals surface area contributed by atoms with E-state index in [9.17, 15) is 5.11 Å². The van der Waals surface area contributed by atoms with Crippen molar-refractivity contribution in [2.45, 2.75) is 6.54 Å². The monoisotopic (exact) mass is 308 g/mol. The highest BCUT2D eigenvalue weighted by Crippen LogP contribution is 2.27. The van der Waals surface area contributed by atoms with Gasteiger partial charge in [0.25, 0.3) is 0 Å². The number of phenolic OH excluding ortho intramolecular Hbond substituents is 1. The second-order valence-electron chi connectivity index (χ2n) is 4.33. The average Bonchev–Trinajstić information content (AvgIpc) is 2.50. The highest BCUT2D eigenvalue weighted by Gasteiger charge is 2.05. The Bertz CT molecular complexity index is 576. The summed E-state index contributed by atoms with van der Waals surface area (Å²) in [5.41, 5.74) is 1.55. The van der Waals surface area contributed by atoms with Crippen LogP contribution < -0.4 is 10.1 Å². The van der Waals surface area contributed by atoms with E-state index in [0.29, 0.717) is 30.7 Å². The molecule has 0 aliphatic heterocycles. The van der Waals surface area contributed by atoms with Gasteiger partial charge in [0, 0.05) is 25.3 Å². The van der Waals surface area contributed by atoms with Crippen molar-refractivity contribution in [3.63, 3.8) is 0 Å². The first-order chi connectivity index (χ1) is 10.2. The largest absolute Gasteiger partial charge is 0.506 e. The molecule has 0 unspecified atom stereocenters. The minimum Gasteiger partial charge on any atom is -0.506 e. The number of hydrogen-bond donors (Lipinski definition) is 2. The molecule has 0 saturated carbocycles. The van der Waals surface area contributed by atoms with Crippen LogP contribution in [-0.2, 0) is 11.3 Å². The number of nitrogens with zero attached hydrogens (tertiary/aromatic N) is 1. The fraction of sp³-hybridized carbons (Fsp3) is 0.267. The molecule has 0 fully saturated rings. The van der Waals surface area contributed by atoms with Crippen molar-refractivity contribution in [3.8, 4) is 11.6 Å². The molecule has 0 spiro atoms. The summed E-state index contributed by atoms with van der Waals surface area (Å²) >= 11 is 5.86. The summed E-state index contributed by atoms with van der Waals surface area (Å²) < 4.78 is 10.3. The van der Waals surface area contributed by atoms with Gasteiger partial charge in [-0.3, -0.25) is 0 Å². The van der Waals surface area contributed by atoms with Crippen LogP contribution in [0.1, 0.15) is 5.56 Å². The molecule has 2 N–H and O–H groups in total. The summed E-state index contributed by atoms with van der Waals surface area (Å²) in [6.07, 6.45) is 1.67. The van der Waals surface area contributed by atoms with E-state index in [0.717, 1.165) is 11.3 Å². The molecule has 1 aromatic heterocycles. The van der Waals surface area contributed by atoms with Crippen molar-refractivity contribution in [1.82, 2.24) is 4.98 Å². The minimum atomic E-state index is 0.0964. The van der Waals surface area contributed by atoms with Crippen LogP contribution in [0, 0.1) is 0 Å². The Hall–Kier alpha value is -1.98. The first kappa shape index (κ1) is 15.4. The third-order valence-corrected chi connectivity index (χ3v) is 3.13. The van der Waals surface area contributed by atoms with E-state index in [1.807, 2.05) is 12.1 Å². The van der Waals surface area contributed by atoms with Crippen molar-refractivity contribution in [3.05, 3.63) is 47.1 Å². The molecule has 6 heteroatoms. The molecule has 0 aliphatic carbocycles. The van der Waals surface area contributed by atoms with Gasteiger partial charge in [-0.25, -0.2) is 4.98 Å². The molecule has 112 valence electrons. The maximum Gasteiger partial charge on any atom is 0.213 e. The molecule has 0 atom stereocenters. The van der Waals surface area contributed by atoms with Gasteiger partial charge >= 0.3 is 0 Å². The highest BCUT2D eigenvalue weighted by atomic mass is 35.5. The fourth-order valence-corrected chi connectivity index (χ4v) is 1.89. The van der Waals surface area contributed by atoms with E-state index < -0.39 is 0 Å². The lowest BCUT2D eigenvalue weighted by molar-refractivity contribution is 0.144. The quantitative estimate of drug-likeness (QED) is 0.770.